The van der Waals surface area contributed by atoms with Crippen molar-refractivity contribution in [2.45, 2.75) is 53.0 Å². The van der Waals surface area contributed by atoms with Gasteiger partial charge in [-0.25, -0.2) is 0 Å². The topological polar surface area (TPSA) is 12.0 Å². The molecular weight excluding hydrogens is 206 g/mol. The van der Waals surface area contributed by atoms with E-state index in [-0.39, 0.29) is 0 Å². The van der Waals surface area contributed by atoms with Crippen LogP contribution in [0.25, 0.3) is 0 Å². The van der Waals surface area contributed by atoms with E-state index in [0.717, 1.165) is 12.5 Å². The van der Waals surface area contributed by atoms with Crippen LogP contribution in [0.4, 0.5) is 0 Å². The van der Waals surface area contributed by atoms with Crippen LogP contribution < -0.4 is 5.32 Å². The molecule has 0 spiro atoms. The Bertz CT molecular complexity index is 302. The van der Waals surface area contributed by atoms with Crippen LogP contribution in [-0.4, -0.2) is 6.54 Å². The second kappa shape index (κ2) is 7.50. The van der Waals surface area contributed by atoms with Gasteiger partial charge in [0.15, 0.2) is 0 Å². The largest absolute Gasteiger partial charge is 0.310 e. The summed E-state index contributed by atoms with van der Waals surface area (Å²) in [6, 6.07) is 9.47. The molecule has 96 valence electrons. The van der Waals surface area contributed by atoms with E-state index in [0.29, 0.717) is 6.04 Å². The molecule has 17 heavy (non-hydrogen) atoms. The Labute approximate surface area is 107 Å². The van der Waals surface area contributed by atoms with E-state index in [1.807, 2.05) is 0 Å². The fraction of sp³-hybridized carbons (Fsp3) is 0.625. The molecule has 0 radical (unpaired) electrons. The summed E-state index contributed by atoms with van der Waals surface area (Å²) in [4.78, 5) is 0. The van der Waals surface area contributed by atoms with E-state index in [2.05, 4.69) is 57.3 Å². The summed E-state index contributed by atoms with van der Waals surface area (Å²) in [7, 11) is 0. The van der Waals surface area contributed by atoms with Crippen molar-refractivity contribution < 1.29 is 0 Å². The van der Waals surface area contributed by atoms with Crippen molar-refractivity contribution in [2.75, 3.05) is 6.54 Å². The Morgan fingerprint density at radius 3 is 2.29 bits per heavy atom. The average molecular weight is 233 g/mol. The standard InChI is InChI=1S/C16H27N/c1-5-7-14(4)12-16(17-6-2)15-10-8-13(3)9-11-15/h8-11,14,16-17H,5-7,12H2,1-4H3. The summed E-state index contributed by atoms with van der Waals surface area (Å²) in [6.45, 7) is 10.0. The molecule has 0 aliphatic carbocycles. The number of aryl methyl sites for hydroxylation is 1. The highest BCUT2D eigenvalue weighted by Gasteiger charge is 2.13. The van der Waals surface area contributed by atoms with Crippen LogP contribution in [0.5, 0.6) is 0 Å². The van der Waals surface area contributed by atoms with Gasteiger partial charge < -0.3 is 5.32 Å². The van der Waals surface area contributed by atoms with E-state index >= 15 is 0 Å². The predicted octanol–water partition coefficient (Wildman–Crippen LogP) is 4.47. The molecule has 0 aliphatic rings. The number of hydrogen-bond donors (Lipinski definition) is 1. The SMILES string of the molecule is CCCC(C)CC(NCC)c1ccc(C)cc1. The summed E-state index contributed by atoms with van der Waals surface area (Å²) in [6.07, 6.45) is 3.85. The first-order chi connectivity index (χ1) is 8.17. The van der Waals surface area contributed by atoms with Gasteiger partial charge in [-0.15, -0.1) is 0 Å². The average Bonchev–Trinajstić information content (AvgIpc) is 2.30. The van der Waals surface area contributed by atoms with Crippen molar-refractivity contribution >= 4 is 0 Å². The lowest BCUT2D eigenvalue weighted by molar-refractivity contribution is 0.395. The Kier molecular flexibility index (Phi) is 6.28. The molecule has 1 aromatic carbocycles. The first-order valence-electron chi connectivity index (χ1n) is 6.97. The normalized spacial score (nSPS) is 14.6. The van der Waals surface area contributed by atoms with Crippen LogP contribution >= 0.6 is 0 Å². The monoisotopic (exact) mass is 233 g/mol. The van der Waals surface area contributed by atoms with Gasteiger partial charge in [0.1, 0.15) is 0 Å². The smallest absolute Gasteiger partial charge is 0.0322 e. The fourth-order valence-corrected chi connectivity index (χ4v) is 2.40. The maximum absolute atomic E-state index is 3.61. The van der Waals surface area contributed by atoms with Crippen molar-refractivity contribution in [3.05, 3.63) is 35.4 Å². The van der Waals surface area contributed by atoms with E-state index in [1.165, 1.54) is 30.4 Å². The quantitative estimate of drug-likeness (QED) is 0.732. The third kappa shape index (κ3) is 4.91. The van der Waals surface area contributed by atoms with Crippen molar-refractivity contribution in [2.24, 2.45) is 5.92 Å². The predicted molar refractivity (Wildman–Crippen MR) is 76.3 cm³/mol. The number of nitrogens with one attached hydrogen (secondary N) is 1. The molecule has 1 nitrogen and oxygen atoms in total. The van der Waals surface area contributed by atoms with Gasteiger partial charge in [0.2, 0.25) is 0 Å². The molecular formula is C16H27N. The highest BCUT2D eigenvalue weighted by molar-refractivity contribution is 5.24. The third-order valence-corrected chi connectivity index (χ3v) is 3.35. The van der Waals surface area contributed by atoms with Gasteiger partial charge in [0.25, 0.3) is 0 Å². The van der Waals surface area contributed by atoms with Gasteiger partial charge >= 0.3 is 0 Å². The lowest BCUT2D eigenvalue weighted by atomic mass is 9.92. The molecule has 1 rings (SSSR count). The van der Waals surface area contributed by atoms with Gasteiger partial charge in [0, 0.05) is 6.04 Å². The molecule has 2 unspecified atom stereocenters. The van der Waals surface area contributed by atoms with Crippen LogP contribution in [-0.2, 0) is 0 Å². The van der Waals surface area contributed by atoms with E-state index in [4.69, 9.17) is 0 Å². The summed E-state index contributed by atoms with van der Waals surface area (Å²) in [5.74, 6) is 0.797. The molecule has 1 aromatic rings. The summed E-state index contributed by atoms with van der Waals surface area (Å²) in [5, 5.41) is 3.61. The molecule has 0 amide bonds. The van der Waals surface area contributed by atoms with Gasteiger partial charge in [-0.1, -0.05) is 63.4 Å². The van der Waals surface area contributed by atoms with E-state index in [9.17, 15) is 0 Å². The minimum absolute atomic E-state index is 0.516. The van der Waals surface area contributed by atoms with Crippen molar-refractivity contribution in [1.29, 1.82) is 0 Å². The van der Waals surface area contributed by atoms with Gasteiger partial charge in [0.05, 0.1) is 0 Å². The maximum Gasteiger partial charge on any atom is 0.0322 e. The van der Waals surface area contributed by atoms with Crippen LogP contribution in [0.3, 0.4) is 0 Å². The summed E-state index contributed by atoms with van der Waals surface area (Å²) < 4.78 is 0. The first-order valence-corrected chi connectivity index (χ1v) is 6.97. The Balaban J connectivity index is 2.67. The zero-order valence-electron chi connectivity index (χ0n) is 11.8. The van der Waals surface area contributed by atoms with Gasteiger partial charge in [-0.05, 0) is 31.4 Å². The molecule has 0 saturated carbocycles. The fourth-order valence-electron chi connectivity index (χ4n) is 2.40. The Morgan fingerprint density at radius 2 is 1.76 bits per heavy atom. The van der Waals surface area contributed by atoms with E-state index < -0.39 is 0 Å². The maximum atomic E-state index is 3.61. The number of rotatable bonds is 7. The Morgan fingerprint density at radius 1 is 1.12 bits per heavy atom. The minimum atomic E-state index is 0.516. The van der Waals surface area contributed by atoms with Crippen LogP contribution in [0.15, 0.2) is 24.3 Å². The molecule has 2 atom stereocenters. The molecule has 0 heterocycles. The van der Waals surface area contributed by atoms with Crippen LogP contribution in [0, 0.1) is 12.8 Å². The summed E-state index contributed by atoms with van der Waals surface area (Å²) >= 11 is 0. The van der Waals surface area contributed by atoms with Crippen molar-refractivity contribution in [3.8, 4) is 0 Å². The van der Waals surface area contributed by atoms with Crippen LogP contribution in [0.1, 0.15) is 57.2 Å². The molecule has 0 fully saturated rings. The Hall–Kier alpha value is -0.820. The van der Waals surface area contributed by atoms with Crippen molar-refractivity contribution in [1.82, 2.24) is 5.32 Å². The molecule has 1 N–H and O–H groups in total. The lowest BCUT2D eigenvalue weighted by Crippen LogP contribution is -2.22. The van der Waals surface area contributed by atoms with Gasteiger partial charge in [-0.2, -0.15) is 0 Å². The molecule has 0 aromatic heterocycles. The van der Waals surface area contributed by atoms with Gasteiger partial charge in [-0.3, -0.25) is 0 Å². The molecule has 0 saturated heterocycles. The number of benzene rings is 1. The van der Waals surface area contributed by atoms with Crippen LogP contribution in [0.2, 0.25) is 0 Å². The second-order valence-corrected chi connectivity index (χ2v) is 5.15. The number of hydrogen-bond acceptors (Lipinski definition) is 1. The highest BCUT2D eigenvalue weighted by Crippen LogP contribution is 2.24. The zero-order valence-corrected chi connectivity index (χ0v) is 11.8. The lowest BCUT2D eigenvalue weighted by Gasteiger charge is -2.22. The first kappa shape index (κ1) is 14.2. The zero-order chi connectivity index (χ0) is 12.7. The molecule has 1 heteroatoms. The molecule has 0 bridgehead atoms. The summed E-state index contributed by atoms with van der Waals surface area (Å²) in [5.41, 5.74) is 2.77. The highest BCUT2D eigenvalue weighted by atomic mass is 14.9. The van der Waals surface area contributed by atoms with E-state index in [1.54, 1.807) is 0 Å². The minimum Gasteiger partial charge on any atom is -0.310 e. The molecule has 0 aliphatic heterocycles. The third-order valence-electron chi connectivity index (χ3n) is 3.35. The second-order valence-electron chi connectivity index (χ2n) is 5.15. The van der Waals surface area contributed by atoms with Crippen molar-refractivity contribution in [3.63, 3.8) is 0 Å².